The van der Waals surface area contributed by atoms with Gasteiger partial charge in [0.1, 0.15) is 17.9 Å². The Morgan fingerprint density at radius 2 is 1.80 bits per heavy atom. The standard InChI is InChI=1S/C13H14N2O5/c1-17-9-4-8(5-10(6-9)18-2)13-14-11(20-15-13)7-12(16)19-3/h4-6H,7H2,1-3H3. The maximum Gasteiger partial charge on any atom is 0.315 e. The van der Waals surface area contributed by atoms with E-state index in [1.807, 2.05) is 0 Å². The topological polar surface area (TPSA) is 83.7 Å². The number of hydrogen-bond donors (Lipinski definition) is 0. The average Bonchev–Trinajstić information content (AvgIpc) is 2.94. The highest BCUT2D eigenvalue weighted by atomic mass is 16.5. The van der Waals surface area contributed by atoms with Crippen molar-refractivity contribution in [2.75, 3.05) is 21.3 Å². The van der Waals surface area contributed by atoms with Crippen LogP contribution >= 0.6 is 0 Å². The van der Waals surface area contributed by atoms with E-state index in [4.69, 9.17) is 14.0 Å². The van der Waals surface area contributed by atoms with Gasteiger partial charge >= 0.3 is 5.97 Å². The molecule has 7 heteroatoms. The van der Waals surface area contributed by atoms with E-state index in [9.17, 15) is 4.79 Å². The maximum absolute atomic E-state index is 11.1. The van der Waals surface area contributed by atoms with Crippen molar-refractivity contribution in [1.82, 2.24) is 10.1 Å². The molecule has 2 rings (SSSR count). The van der Waals surface area contributed by atoms with Gasteiger partial charge in [-0.25, -0.2) is 0 Å². The molecule has 1 aromatic carbocycles. The Morgan fingerprint density at radius 1 is 1.15 bits per heavy atom. The number of esters is 1. The third kappa shape index (κ3) is 3.05. The fourth-order valence-electron chi connectivity index (χ4n) is 1.58. The molecule has 20 heavy (non-hydrogen) atoms. The molecule has 0 bridgehead atoms. The second-order valence-electron chi connectivity index (χ2n) is 3.87. The first-order valence-corrected chi connectivity index (χ1v) is 5.79. The Bertz CT molecular complexity index is 586. The lowest BCUT2D eigenvalue weighted by atomic mass is 10.2. The minimum Gasteiger partial charge on any atom is -0.497 e. The highest BCUT2D eigenvalue weighted by Crippen LogP contribution is 2.28. The summed E-state index contributed by atoms with van der Waals surface area (Å²) in [5.74, 6) is 1.32. The van der Waals surface area contributed by atoms with Crippen molar-refractivity contribution in [3.05, 3.63) is 24.1 Å². The summed E-state index contributed by atoms with van der Waals surface area (Å²) in [6.07, 6.45) is -0.0649. The van der Waals surface area contributed by atoms with Crippen LogP contribution in [-0.4, -0.2) is 37.4 Å². The number of methoxy groups -OCH3 is 3. The maximum atomic E-state index is 11.1. The van der Waals surface area contributed by atoms with Gasteiger partial charge in [-0.15, -0.1) is 0 Å². The molecule has 0 aliphatic rings. The fourth-order valence-corrected chi connectivity index (χ4v) is 1.58. The van der Waals surface area contributed by atoms with E-state index in [0.29, 0.717) is 22.9 Å². The number of rotatable bonds is 5. The molecule has 0 atom stereocenters. The zero-order valence-electron chi connectivity index (χ0n) is 11.4. The Morgan fingerprint density at radius 3 is 2.35 bits per heavy atom. The summed E-state index contributed by atoms with van der Waals surface area (Å²) in [5, 5.41) is 3.82. The summed E-state index contributed by atoms with van der Waals surface area (Å²) in [5.41, 5.74) is 0.668. The van der Waals surface area contributed by atoms with Crippen LogP contribution in [0, 0.1) is 0 Å². The van der Waals surface area contributed by atoms with E-state index in [0.717, 1.165) is 0 Å². The third-order valence-corrected chi connectivity index (χ3v) is 2.60. The first-order chi connectivity index (χ1) is 9.66. The van der Waals surface area contributed by atoms with Gasteiger partial charge in [0.2, 0.25) is 11.7 Å². The Balaban J connectivity index is 2.29. The zero-order chi connectivity index (χ0) is 14.5. The Hall–Kier alpha value is -2.57. The smallest absolute Gasteiger partial charge is 0.315 e. The third-order valence-electron chi connectivity index (χ3n) is 2.60. The molecule has 0 saturated carbocycles. The molecular formula is C13H14N2O5. The summed E-state index contributed by atoms with van der Waals surface area (Å²) in [4.78, 5) is 15.3. The fraction of sp³-hybridized carbons (Fsp3) is 0.308. The van der Waals surface area contributed by atoms with Crippen LogP contribution in [0.3, 0.4) is 0 Å². The van der Waals surface area contributed by atoms with Crippen molar-refractivity contribution in [2.24, 2.45) is 0 Å². The van der Waals surface area contributed by atoms with Crippen LogP contribution < -0.4 is 9.47 Å². The van der Waals surface area contributed by atoms with Crippen LogP contribution in [0.4, 0.5) is 0 Å². The molecule has 0 saturated heterocycles. The van der Waals surface area contributed by atoms with Crippen LogP contribution in [0.2, 0.25) is 0 Å². The van der Waals surface area contributed by atoms with Gasteiger partial charge < -0.3 is 18.7 Å². The van der Waals surface area contributed by atoms with E-state index in [2.05, 4.69) is 14.9 Å². The second-order valence-corrected chi connectivity index (χ2v) is 3.87. The van der Waals surface area contributed by atoms with Gasteiger partial charge in [0.15, 0.2) is 0 Å². The Kier molecular flexibility index (Phi) is 4.19. The predicted octanol–water partition coefficient (Wildman–Crippen LogP) is 1.47. The van der Waals surface area contributed by atoms with Crippen LogP contribution in [0.25, 0.3) is 11.4 Å². The number of hydrogen-bond acceptors (Lipinski definition) is 7. The molecule has 7 nitrogen and oxygen atoms in total. The predicted molar refractivity (Wildman–Crippen MR) is 68.6 cm³/mol. The van der Waals surface area contributed by atoms with E-state index in [1.165, 1.54) is 7.11 Å². The van der Waals surface area contributed by atoms with Crippen molar-refractivity contribution in [3.8, 4) is 22.9 Å². The molecular weight excluding hydrogens is 264 g/mol. The number of carbonyl (C=O) groups excluding carboxylic acids is 1. The molecule has 0 radical (unpaired) electrons. The van der Waals surface area contributed by atoms with Crippen LogP contribution in [0.5, 0.6) is 11.5 Å². The van der Waals surface area contributed by atoms with Crippen molar-refractivity contribution in [1.29, 1.82) is 0 Å². The first-order valence-electron chi connectivity index (χ1n) is 5.79. The quantitative estimate of drug-likeness (QED) is 0.765. The lowest BCUT2D eigenvalue weighted by Gasteiger charge is -2.05. The summed E-state index contributed by atoms with van der Waals surface area (Å²) < 4.78 is 19.9. The molecule has 0 amide bonds. The van der Waals surface area contributed by atoms with Gasteiger partial charge in [-0.1, -0.05) is 5.16 Å². The lowest BCUT2D eigenvalue weighted by molar-refractivity contribution is -0.140. The summed E-state index contributed by atoms with van der Waals surface area (Å²) in [6, 6.07) is 5.23. The number of benzene rings is 1. The second kappa shape index (κ2) is 6.05. The SMILES string of the molecule is COC(=O)Cc1nc(-c2cc(OC)cc(OC)c2)no1. The molecule has 0 fully saturated rings. The molecule has 0 N–H and O–H groups in total. The number of ether oxygens (including phenoxy) is 3. The monoisotopic (exact) mass is 278 g/mol. The van der Waals surface area contributed by atoms with Gasteiger partial charge in [-0.2, -0.15) is 4.98 Å². The van der Waals surface area contributed by atoms with Gasteiger partial charge in [0, 0.05) is 11.6 Å². The molecule has 0 aliphatic carbocycles. The molecule has 106 valence electrons. The van der Waals surface area contributed by atoms with Crippen molar-refractivity contribution < 1.29 is 23.5 Å². The number of nitrogens with zero attached hydrogens (tertiary/aromatic N) is 2. The number of carbonyl (C=O) groups is 1. The summed E-state index contributed by atoms with van der Waals surface area (Å²) in [7, 11) is 4.40. The van der Waals surface area contributed by atoms with Crippen molar-refractivity contribution >= 4 is 5.97 Å². The van der Waals surface area contributed by atoms with Gasteiger partial charge in [0.05, 0.1) is 21.3 Å². The van der Waals surface area contributed by atoms with Gasteiger partial charge in [-0.05, 0) is 12.1 Å². The van der Waals surface area contributed by atoms with Crippen LogP contribution in [-0.2, 0) is 16.0 Å². The molecule has 0 aliphatic heterocycles. The normalized spacial score (nSPS) is 10.2. The first kappa shape index (κ1) is 13.9. The van der Waals surface area contributed by atoms with Crippen molar-refractivity contribution in [3.63, 3.8) is 0 Å². The number of aromatic nitrogens is 2. The molecule has 1 aromatic heterocycles. The highest BCUT2D eigenvalue weighted by Gasteiger charge is 2.14. The molecule has 0 spiro atoms. The summed E-state index contributed by atoms with van der Waals surface area (Å²) in [6.45, 7) is 0. The van der Waals surface area contributed by atoms with E-state index in [-0.39, 0.29) is 12.3 Å². The minimum atomic E-state index is -0.441. The minimum absolute atomic E-state index is 0.0649. The Labute approximate surface area is 115 Å². The zero-order valence-corrected chi connectivity index (χ0v) is 11.4. The molecule has 2 aromatic rings. The summed E-state index contributed by atoms with van der Waals surface area (Å²) >= 11 is 0. The average molecular weight is 278 g/mol. The van der Waals surface area contributed by atoms with Crippen LogP contribution in [0.1, 0.15) is 5.89 Å². The van der Waals surface area contributed by atoms with E-state index in [1.54, 1.807) is 32.4 Å². The van der Waals surface area contributed by atoms with Gasteiger partial charge in [-0.3, -0.25) is 4.79 Å². The van der Waals surface area contributed by atoms with E-state index >= 15 is 0 Å². The largest absolute Gasteiger partial charge is 0.497 e. The van der Waals surface area contributed by atoms with Crippen molar-refractivity contribution in [2.45, 2.75) is 6.42 Å². The highest BCUT2D eigenvalue weighted by molar-refractivity contribution is 5.71. The molecule has 1 heterocycles. The van der Waals surface area contributed by atoms with Crippen LogP contribution in [0.15, 0.2) is 22.7 Å². The van der Waals surface area contributed by atoms with E-state index < -0.39 is 5.97 Å². The molecule has 0 unspecified atom stereocenters. The lowest BCUT2D eigenvalue weighted by Crippen LogP contribution is -2.04. The van der Waals surface area contributed by atoms with Gasteiger partial charge in [0.25, 0.3) is 0 Å².